The summed E-state index contributed by atoms with van der Waals surface area (Å²) in [4.78, 5) is 7.28. The molecule has 0 amide bonds. The topological polar surface area (TPSA) is 49.5 Å². The van der Waals surface area contributed by atoms with Crippen molar-refractivity contribution in [2.45, 2.75) is 32.4 Å². The van der Waals surface area contributed by atoms with Crippen LogP contribution in [0.4, 0.5) is 5.82 Å². The summed E-state index contributed by atoms with van der Waals surface area (Å²) in [6.07, 6.45) is -0.680. The van der Waals surface area contributed by atoms with E-state index in [-0.39, 0.29) is 5.54 Å². The zero-order valence-corrected chi connectivity index (χ0v) is 9.86. The maximum atomic E-state index is 9.88. The Morgan fingerprint density at radius 3 is 2.75 bits per heavy atom. The summed E-state index contributed by atoms with van der Waals surface area (Å²) in [6, 6.07) is 5.08. The van der Waals surface area contributed by atoms with E-state index >= 15 is 0 Å². The molecule has 0 unspecified atom stereocenters. The van der Waals surface area contributed by atoms with Crippen LogP contribution in [0.1, 0.15) is 32.6 Å². The maximum absolute atomic E-state index is 9.88. The molecule has 0 aliphatic rings. The van der Waals surface area contributed by atoms with Gasteiger partial charge in [0.25, 0.3) is 5.82 Å². The molecule has 0 radical (unpaired) electrons. The molecule has 0 bridgehead atoms. The molecule has 86 valence electrons. The summed E-state index contributed by atoms with van der Waals surface area (Å²) in [7, 11) is 0. The van der Waals surface area contributed by atoms with Crippen LogP contribution in [0.25, 0.3) is 4.85 Å². The smallest absolute Gasteiger partial charge is 0.269 e. The minimum absolute atomic E-state index is 0.0433. The van der Waals surface area contributed by atoms with Crippen molar-refractivity contribution in [2.24, 2.45) is 0 Å². The molecule has 0 aromatic carbocycles. The van der Waals surface area contributed by atoms with Crippen LogP contribution in [0, 0.1) is 6.57 Å². The first-order valence-corrected chi connectivity index (χ1v) is 5.20. The van der Waals surface area contributed by atoms with Crippen LogP contribution in [-0.4, -0.2) is 22.2 Å². The van der Waals surface area contributed by atoms with E-state index in [4.69, 9.17) is 6.57 Å². The molecule has 0 saturated heterocycles. The Kier molecular flexibility index (Phi) is 3.99. The van der Waals surface area contributed by atoms with Crippen LogP contribution < -0.4 is 5.32 Å². The highest BCUT2D eigenvalue weighted by atomic mass is 16.3. The molecule has 1 aromatic rings. The van der Waals surface area contributed by atoms with Gasteiger partial charge in [-0.15, -0.1) is 4.98 Å². The van der Waals surface area contributed by atoms with Crippen molar-refractivity contribution in [2.75, 3.05) is 6.54 Å². The molecule has 4 heteroatoms. The zero-order chi connectivity index (χ0) is 12.2. The highest BCUT2D eigenvalue weighted by Crippen LogP contribution is 2.15. The van der Waals surface area contributed by atoms with Gasteiger partial charge in [0.1, 0.15) is 6.10 Å². The molecule has 1 aromatic heterocycles. The standard InChI is InChI=1S/C12H17N3O/c1-12(2,3)14-8-10(16)9-6-5-7-11(13-4)15-9/h5-7,10,14,16H,8H2,1-3H3/t10-/m1/s1. The third kappa shape index (κ3) is 3.97. The van der Waals surface area contributed by atoms with Gasteiger partial charge >= 0.3 is 0 Å². The number of aliphatic hydroxyl groups excluding tert-OH is 1. The number of nitrogens with zero attached hydrogens (tertiary/aromatic N) is 2. The minimum atomic E-state index is -0.680. The number of nitrogens with one attached hydrogen (secondary N) is 1. The average Bonchev–Trinajstić information content (AvgIpc) is 2.25. The summed E-state index contributed by atoms with van der Waals surface area (Å²) in [5, 5.41) is 13.1. The van der Waals surface area contributed by atoms with Gasteiger partial charge < -0.3 is 15.3 Å². The molecular weight excluding hydrogens is 202 g/mol. The fraction of sp³-hybridized carbons (Fsp3) is 0.500. The lowest BCUT2D eigenvalue weighted by molar-refractivity contribution is 0.159. The second kappa shape index (κ2) is 5.06. The second-order valence-electron chi connectivity index (χ2n) is 4.68. The molecule has 1 heterocycles. The van der Waals surface area contributed by atoms with Crippen molar-refractivity contribution in [3.05, 3.63) is 35.3 Å². The highest BCUT2D eigenvalue weighted by Gasteiger charge is 2.16. The van der Waals surface area contributed by atoms with Gasteiger partial charge in [0.05, 0.1) is 0 Å². The Bertz CT molecular complexity index is 390. The van der Waals surface area contributed by atoms with Crippen molar-refractivity contribution in [1.82, 2.24) is 10.3 Å². The van der Waals surface area contributed by atoms with Gasteiger partial charge in [-0.2, -0.15) is 0 Å². The molecule has 1 atom stereocenters. The van der Waals surface area contributed by atoms with Crippen molar-refractivity contribution < 1.29 is 5.11 Å². The molecule has 0 spiro atoms. The lowest BCUT2D eigenvalue weighted by Crippen LogP contribution is -2.38. The Labute approximate surface area is 96.2 Å². The molecule has 2 N–H and O–H groups in total. The van der Waals surface area contributed by atoms with E-state index in [1.165, 1.54) is 0 Å². The molecule has 0 fully saturated rings. The third-order valence-corrected chi connectivity index (χ3v) is 2.04. The van der Waals surface area contributed by atoms with Crippen molar-refractivity contribution in [3.8, 4) is 0 Å². The molecule has 0 aliphatic carbocycles. The van der Waals surface area contributed by atoms with E-state index in [1.807, 2.05) is 20.8 Å². The number of rotatable bonds is 3. The Balaban J connectivity index is 2.66. The van der Waals surface area contributed by atoms with E-state index in [9.17, 15) is 5.11 Å². The summed E-state index contributed by atoms with van der Waals surface area (Å²) >= 11 is 0. The monoisotopic (exact) mass is 219 g/mol. The number of β-amino-alcohol motifs (C(OH)–C–C–N with tert-alkyl or cyclic N) is 1. The predicted octanol–water partition coefficient (Wildman–Crippen LogP) is 2.05. The van der Waals surface area contributed by atoms with Gasteiger partial charge in [0, 0.05) is 12.1 Å². The molecular formula is C12H17N3O. The number of hydrogen-bond acceptors (Lipinski definition) is 3. The van der Waals surface area contributed by atoms with Crippen molar-refractivity contribution in [3.63, 3.8) is 0 Å². The largest absolute Gasteiger partial charge is 0.383 e. The maximum Gasteiger partial charge on any atom is 0.269 e. The van der Waals surface area contributed by atoms with Crippen molar-refractivity contribution >= 4 is 5.82 Å². The second-order valence-corrected chi connectivity index (χ2v) is 4.68. The number of pyridine rings is 1. The van der Waals surface area contributed by atoms with Crippen LogP contribution in [0.15, 0.2) is 18.2 Å². The van der Waals surface area contributed by atoms with E-state index in [1.54, 1.807) is 18.2 Å². The fourth-order valence-electron chi connectivity index (χ4n) is 1.19. The van der Waals surface area contributed by atoms with Gasteiger partial charge in [-0.1, -0.05) is 12.6 Å². The molecule has 1 rings (SSSR count). The lowest BCUT2D eigenvalue weighted by Gasteiger charge is -2.21. The van der Waals surface area contributed by atoms with E-state index in [0.29, 0.717) is 18.1 Å². The van der Waals surface area contributed by atoms with Gasteiger partial charge in [-0.3, -0.25) is 0 Å². The van der Waals surface area contributed by atoms with Crippen molar-refractivity contribution in [1.29, 1.82) is 0 Å². The van der Waals surface area contributed by atoms with Crippen LogP contribution in [0.2, 0.25) is 0 Å². The van der Waals surface area contributed by atoms with Gasteiger partial charge in [0.2, 0.25) is 0 Å². The van der Waals surface area contributed by atoms with E-state index < -0.39 is 6.10 Å². The zero-order valence-electron chi connectivity index (χ0n) is 9.86. The average molecular weight is 219 g/mol. The van der Waals surface area contributed by atoms with Crippen LogP contribution in [0.5, 0.6) is 0 Å². The highest BCUT2D eigenvalue weighted by molar-refractivity contribution is 5.36. The molecule has 4 nitrogen and oxygen atoms in total. The van der Waals surface area contributed by atoms with Gasteiger partial charge in [-0.05, 0) is 32.9 Å². The van der Waals surface area contributed by atoms with Gasteiger partial charge in [-0.25, -0.2) is 0 Å². The fourth-order valence-corrected chi connectivity index (χ4v) is 1.19. The number of hydrogen-bond donors (Lipinski definition) is 2. The quantitative estimate of drug-likeness (QED) is 0.765. The summed E-state index contributed by atoms with van der Waals surface area (Å²) in [5.41, 5.74) is 0.489. The summed E-state index contributed by atoms with van der Waals surface area (Å²) in [5.74, 6) is 0.312. The molecule has 0 aliphatic heterocycles. The molecule has 0 saturated carbocycles. The minimum Gasteiger partial charge on any atom is -0.383 e. The van der Waals surface area contributed by atoms with Crippen LogP contribution in [-0.2, 0) is 0 Å². The first-order chi connectivity index (χ1) is 7.42. The Morgan fingerprint density at radius 1 is 1.50 bits per heavy atom. The third-order valence-electron chi connectivity index (χ3n) is 2.04. The van der Waals surface area contributed by atoms with Gasteiger partial charge in [0.15, 0.2) is 5.69 Å². The normalized spacial score (nSPS) is 13.2. The van der Waals surface area contributed by atoms with Crippen LogP contribution in [0.3, 0.4) is 0 Å². The first-order valence-electron chi connectivity index (χ1n) is 5.20. The summed E-state index contributed by atoms with van der Waals surface area (Å²) in [6.45, 7) is 13.4. The molecule has 16 heavy (non-hydrogen) atoms. The summed E-state index contributed by atoms with van der Waals surface area (Å²) < 4.78 is 0. The SMILES string of the molecule is [C-]#[N+]c1cccc([C@H](O)CNC(C)(C)C)n1. The van der Waals surface area contributed by atoms with E-state index in [2.05, 4.69) is 15.1 Å². The predicted molar refractivity (Wildman–Crippen MR) is 63.2 cm³/mol. The van der Waals surface area contributed by atoms with Crippen LogP contribution >= 0.6 is 0 Å². The first kappa shape index (κ1) is 12.6. The lowest BCUT2D eigenvalue weighted by atomic mass is 10.1. The Morgan fingerprint density at radius 2 is 2.19 bits per heavy atom. The number of aromatic nitrogens is 1. The Hall–Kier alpha value is -1.44. The number of aliphatic hydroxyl groups is 1. The van der Waals surface area contributed by atoms with E-state index in [0.717, 1.165) is 0 Å².